The second kappa shape index (κ2) is 2.95. The second-order valence-electron chi connectivity index (χ2n) is 3.65. The van der Waals surface area contributed by atoms with Gasteiger partial charge in [-0.3, -0.25) is 0 Å². The fourth-order valence-corrected chi connectivity index (χ4v) is 2.15. The lowest BCUT2D eigenvalue weighted by molar-refractivity contribution is 0.462. The monoisotopic (exact) mass is 136 g/mol. The average Bonchev–Trinajstić information content (AvgIpc) is 2.17. The molecule has 2 fully saturated rings. The third-order valence-corrected chi connectivity index (χ3v) is 2.82. The Bertz CT molecular complexity index is 93.8. The van der Waals surface area contributed by atoms with E-state index in [1.54, 1.807) is 0 Å². The molecule has 2 heterocycles. The molecule has 0 aromatic heterocycles. The fraction of sp³-hybridized carbons (Fsp3) is 1.00. The van der Waals surface area contributed by atoms with Gasteiger partial charge in [-0.25, -0.2) is 0 Å². The Labute approximate surface area is 63.8 Å². The van der Waals surface area contributed by atoms with Crippen molar-refractivity contribution in [1.29, 1.82) is 0 Å². The third kappa shape index (κ3) is 1.37. The minimum atomic E-state index is 0.826. The van der Waals surface area contributed by atoms with E-state index in [0.717, 1.165) is 11.9 Å². The van der Waals surface area contributed by atoms with Crippen LogP contribution >= 0.6 is 0 Å². The van der Waals surface area contributed by atoms with Gasteiger partial charge in [0.2, 0.25) is 7.41 Å². The Morgan fingerprint density at radius 2 is 1.70 bits per heavy atom. The first kappa shape index (κ1) is 6.72. The van der Waals surface area contributed by atoms with Crippen molar-refractivity contribution in [1.82, 2.24) is 5.23 Å². The van der Waals surface area contributed by atoms with Crippen molar-refractivity contribution in [3.63, 3.8) is 0 Å². The van der Waals surface area contributed by atoms with E-state index in [2.05, 4.69) is 12.6 Å². The molecule has 55 valence electrons. The predicted octanol–water partition coefficient (Wildman–Crippen LogP) is 1.72. The lowest BCUT2D eigenvalue weighted by Crippen LogP contribution is -2.29. The summed E-state index contributed by atoms with van der Waals surface area (Å²) in [6, 6.07) is 0.826. The summed E-state index contributed by atoms with van der Waals surface area (Å²) in [5.41, 5.74) is 0. The highest BCUT2D eigenvalue weighted by atomic mass is 14.8. The summed E-state index contributed by atoms with van der Waals surface area (Å²) in [5.74, 6) is 0.896. The minimum absolute atomic E-state index is 0.826. The Hall–Kier alpha value is 0.0249. The molecule has 0 aliphatic carbocycles. The van der Waals surface area contributed by atoms with Gasteiger partial charge in [-0.05, 0) is 18.9 Å². The van der Waals surface area contributed by atoms with Gasteiger partial charge in [0, 0.05) is 0 Å². The van der Waals surface area contributed by atoms with E-state index in [1.165, 1.54) is 38.5 Å². The summed E-state index contributed by atoms with van der Waals surface area (Å²) in [5, 5.41) is 3.52. The summed E-state index contributed by atoms with van der Waals surface area (Å²) in [7, 11) is 2.35. The smallest absolute Gasteiger partial charge is 0.208 e. The van der Waals surface area contributed by atoms with Crippen LogP contribution in [0.1, 0.15) is 38.5 Å². The van der Waals surface area contributed by atoms with E-state index in [1.807, 2.05) is 0 Å². The van der Waals surface area contributed by atoms with Gasteiger partial charge in [0.1, 0.15) is 0 Å². The van der Waals surface area contributed by atoms with E-state index >= 15 is 0 Å². The Kier molecular flexibility index (Phi) is 1.98. The van der Waals surface area contributed by atoms with E-state index in [4.69, 9.17) is 0 Å². The van der Waals surface area contributed by atoms with Crippen LogP contribution in [0.15, 0.2) is 0 Å². The zero-order chi connectivity index (χ0) is 6.81. The molecule has 2 aliphatic rings. The molecule has 0 atom stereocenters. The lowest BCUT2D eigenvalue weighted by atomic mass is 9.72. The number of hydrogen-bond acceptors (Lipinski definition) is 1. The van der Waals surface area contributed by atoms with Gasteiger partial charge in [0.15, 0.2) is 0 Å². The van der Waals surface area contributed by atoms with Crippen LogP contribution in [0, 0.1) is 0 Å². The molecule has 0 unspecified atom stereocenters. The molecule has 0 aromatic rings. The van der Waals surface area contributed by atoms with Gasteiger partial charge in [0.05, 0.1) is 0 Å². The lowest BCUT2D eigenvalue weighted by Gasteiger charge is -2.14. The maximum atomic E-state index is 3.52. The zero-order valence-electron chi connectivity index (χ0n) is 6.47. The topological polar surface area (TPSA) is 12.0 Å². The number of rotatable bonds is 0. The molecule has 2 bridgehead atoms. The molecule has 1 nitrogen and oxygen atoms in total. The van der Waals surface area contributed by atoms with Crippen molar-refractivity contribution in [3.05, 3.63) is 0 Å². The summed E-state index contributed by atoms with van der Waals surface area (Å²) in [4.78, 5) is 0. The molecule has 2 saturated heterocycles. The van der Waals surface area contributed by atoms with Gasteiger partial charge in [0.25, 0.3) is 0 Å². The second-order valence-corrected chi connectivity index (χ2v) is 3.65. The van der Waals surface area contributed by atoms with Crippen molar-refractivity contribution in [2.24, 2.45) is 0 Å². The summed E-state index contributed by atoms with van der Waals surface area (Å²) < 4.78 is 0. The van der Waals surface area contributed by atoms with Crippen molar-refractivity contribution < 1.29 is 0 Å². The number of nitrogens with one attached hydrogen (secondary N) is 1. The van der Waals surface area contributed by atoms with Crippen molar-refractivity contribution >= 4 is 7.41 Å². The predicted molar refractivity (Wildman–Crippen MR) is 44.1 cm³/mol. The number of fused-ring (bicyclic) bond motifs is 3. The average molecular weight is 136 g/mol. The molecule has 2 heteroatoms. The van der Waals surface area contributed by atoms with Crippen LogP contribution in [0.2, 0.25) is 5.82 Å². The molecule has 2 rings (SSSR count). The molecular formula is C8H15BN. The fourth-order valence-electron chi connectivity index (χ4n) is 2.15. The summed E-state index contributed by atoms with van der Waals surface area (Å²) in [6.07, 6.45) is 8.57. The maximum Gasteiger partial charge on any atom is 0.208 e. The minimum Gasteiger partial charge on any atom is -0.357 e. The van der Waals surface area contributed by atoms with E-state index in [-0.39, 0.29) is 0 Å². The van der Waals surface area contributed by atoms with Gasteiger partial charge in [-0.15, -0.1) is 0 Å². The van der Waals surface area contributed by atoms with Crippen molar-refractivity contribution in [2.75, 3.05) is 0 Å². The molecule has 0 saturated carbocycles. The zero-order valence-corrected chi connectivity index (χ0v) is 6.47. The normalized spacial score (nSPS) is 40.0. The maximum absolute atomic E-state index is 3.52. The molecular weight excluding hydrogens is 121 g/mol. The summed E-state index contributed by atoms with van der Waals surface area (Å²) >= 11 is 0. The SMILES string of the molecule is [B]1NC2CCCC1CCC2. The van der Waals surface area contributed by atoms with Gasteiger partial charge >= 0.3 is 0 Å². The Morgan fingerprint density at radius 1 is 1.00 bits per heavy atom. The van der Waals surface area contributed by atoms with Crippen LogP contribution in [-0.2, 0) is 0 Å². The molecule has 10 heavy (non-hydrogen) atoms. The standard InChI is InChI=1S/C8H15BN/c1-3-7-4-2-6-8(5-1)10-9-7/h7-8,10H,1-6H2. The van der Waals surface area contributed by atoms with E-state index in [9.17, 15) is 0 Å². The first-order chi connectivity index (χ1) is 4.95. The van der Waals surface area contributed by atoms with E-state index < -0.39 is 0 Å². The molecule has 0 aromatic carbocycles. The molecule has 1 N–H and O–H groups in total. The highest BCUT2D eigenvalue weighted by Crippen LogP contribution is 2.28. The number of hydrogen-bond donors (Lipinski definition) is 1. The quantitative estimate of drug-likeness (QED) is 0.500. The highest BCUT2D eigenvalue weighted by Gasteiger charge is 2.22. The molecule has 0 spiro atoms. The summed E-state index contributed by atoms with van der Waals surface area (Å²) in [6.45, 7) is 0. The van der Waals surface area contributed by atoms with Crippen LogP contribution in [0.25, 0.3) is 0 Å². The first-order valence-corrected chi connectivity index (χ1v) is 4.54. The molecule has 1 radical (unpaired) electrons. The molecule has 0 amide bonds. The van der Waals surface area contributed by atoms with Crippen LogP contribution in [0.3, 0.4) is 0 Å². The van der Waals surface area contributed by atoms with Crippen molar-refractivity contribution in [3.8, 4) is 0 Å². The largest absolute Gasteiger partial charge is 0.357 e. The van der Waals surface area contributed by atoms with Gasteiger partial charge < -0.3 is 5.23 Å². The highest BCUT2D eigenvalue weighted by molar-refractivity contribution is 6.34. The third-order valence-electron chi connectivity index (χ3n) is 2.82. The Balaban J connectivity index is 2.01. The van der Waals surface area contributed by atoms with Crippen LogP contribution in [-0.4, -0.2) is 13.5 Å². The van der Waals surface area contributed by atoms with E-state index in [0.29, 0.717) is 0 Å². The van der Waals surface area contributed by atoms with Crippen LogP contribution in [0.4, 0.5) is 0 Å². The molecule has 2 aliphatic heterocycles. The van der Waals surface area contributed by atoms with Gasteiger partial charge in [-0.1, -0.05) is 31.5 Å². The first-order valence-electron chi connectivity index (χ1n) is 4.54. The Morgan fingerprint density at radius 3 is 2.40 bits per heavy atom. The van der Waals surface area contributed by atoms with Gasteiger partial charge in [-0.2, -0.15) is 0 Å². The van der Waals surface area contributed by atoms with Crippen molar-refractivity contribution in [2.45, 2.75) is 50.4 Å². The van der Waals surface area contributed by atoms with Crippen LogP contribution < -0.4 is 5.23 Å². The van der Waals surface area contributed by atoms with Crippen LogP contribution in [0.5, 0.6) is 0 Å².